The molecule has 0 saturated carbocycles. The first-order valence-corrected chi connectivity index (χ1v) is 37.6. The molecule has 0 rings (SSSR count). The Morgan fingerprint density at radius 1 is 0.316 bits per heavy atom. The number of ether oxygens (including phenoxy) is 4. The molecule has 0 amide bonds. The van der Waals surface area contributed by atoms with Crippen molar-refractivity contribution < 1.29 is 42.9 Å². The van der Waals surface area contributed by atoms with Gasteiger partial charge in [-0.1, -0.05) is 311 Å². The van der Waals surface area contributed by atoms with Crippen LogP contribution in [0, 0.1) is 0 Å². The second kappa shape index (κ2) is 73.9. The molecule has 2 atom stereocenters. The third-order valence-corrected chi connectivity index (χ3v) is 15.3. The van der Waals surface area contributed by atoms with Gasteiger partial charge < -0.3 is 28.5 Å². The first-order valence-electron chi connectivity index (χ1n) is 37.6. The molecule has 95 heavy (non-hydrogen) atoms. The number of allylic oxidation sites excluding steroid dienone is 32. The molecule has 534 valence electrons. The Morgan fingerprint density at radius 3 is 0.853 bits per heavy atom. The number of hydrogen-bond acceptors (Lipinski definition) is 7. The largest absolute Gasteiger partial charge is 0.477 e. The van der Waals surface area contributed by atoms with Crippen LogP contribution in [0.4, 0.5) is 0 Å². The smallest absolute Gasteiger partial charge is 0.361 e. The van der Waals surface area contributed by atoms with Crippen LogP contribution in [0.3, 0.4) is 0 Å². The Kier molecular flexibility index (Phi) is 69.4. The van der Waals surface area contributed by atoms with Crippen LogP contribution in [-0.4, -0.2) is 87.4 Å². The molecular weight excluding hydrogens is 1170 g/mol. The van der Waals surface area contributed by atoms with Gasteiger partial charge in [0.25, 0.3) is 6.29 Å². The van der Waals surface area contributed by atoms with Crippen molar-refractivity contribution in [2.24, 2.45) is 0 Å². The number of carbonyl (C=O) groups excluding carboxylic acids is 2. The SMILES string of the molecule is CC/C=C\C/C=C\C/C=C\C/C=C\C/C=C\C/C=C\C/C=C\C/C=C\C/C=C\C/C=C\C/C=C\CCCCCC(=O)OC(COC(=O)CCCCCCCCCCCCCCCCCCC/C=C\C/C=C\C/C=C\C/C=C\C/C=C\CC)COC(OCC[N+](C)(C)C)C(=O)O. The number of aliphatic carboxylic acids is 1. The van der Waals surface area contributed by atoms with Gasteiger partial charge in [-0.15, -0.1) is 0 Å². The lowest BCUT2D eigenvalue weighted by molar-refractivity contribution is -0.870. The topological polar surface area (TPSA) is 108 Å². The van der Waals surface area contributed by atoms with E-state index in [1.165, 1.54) is 96.3 Å². The van der Waals surface area contributed by atoms with Crippen LogP contribution in [0.25, 0.3) is 0 Å². The van der Waals surface area contributed by atoms with E-state index in [9.17, 15) is 19.5 Å². The minimum Gasteiger partial charge on any atom is -0.477 e. The van der Waals surface area contributed by atoms with E-state index in [2.05, 4.69) is 208 Å². The molecule has 0 radical (unpaired) electrons. The Labute approximate surface area is 582 Å². The maximum absolute atomic E-state index is 13.0. The standard InChI is InChI=1S/C86H137NO8/c1-6-8-10-12-14-16-18-20-22-24-26-28-30-32-34-36-38-40-41-42-43-45-47-49-51-53-55-57-59-61-63-65-67-69-71-73-75-77-84(89)95-82(81-94-86(85(90)91)92-79-78-87(3,4)5)80-93-83(88)76-74-72-70-68-66-64-62-60-58-56-54-52-50-48-46-44-39-37-35-33-31-29-27-25-23-21-19-17-15-13-11-9-7-2/h8-11,14-17,20-23,26-29,32-35,38,40,42-43,47,49,53,55,59,61,65,67,82,86H,6-7,12-13,18-19,24-25,30-31,36-37,39,41,44-46,48,50-52,54,56-58,60,62-64,66,68-81H2,1-5H3/p+1/b10-8-,11-9-,16-14-,17-15-,22-20-,23-21-,28-26-,29-27-,34-32-,35-33-,40-38-,43-42-,49-47-,55-53-,61-59-,67-65-. The molecule has 2 unspecified atom stereocenters. The predicted octanol–water partition coefficient (Wildman–Crippen LogP) is 24.1. The van der Waals surface area contributed by atoms with Crippen LogP contribution in [0.2, 0.25) is 0 Å². The maximum Gasteiger partial charge on any atom is 0.361 e. The lowest BCUT2D eigenvalue weighted by atomic mass is 10.0. The summed E-state index contributed by atoms with van der Waals surface area (Å²) in [7, 11) is 5.96. The van der Waals surface area contributed by atoms with Crippen molar-refractivity contribution in [2.45, 2.75) is 283 Å². The number of likely N-dealkylation sites (N-methyl/N-ethyl adjacent to an activating group) is 1. The summed E-state index contributed by atoms with van der Waals surface area (Å²) in [6.45, 7) is 4.60. The monoisotopic (exact) mass is 1310 g/mol. The highest BCUT2D eigenvalue weighted by Crippen LogP contribution is 2.16. The Bertz CT molecular complexity index is 2270. The molecular formula is C86H138NO8+. The summed E-state index contributed by atoms with van der Waals surface area (Å²) in [6, 6.07) is 0. The highest BCUT2D eigenvalue weighted by molar-refractivity contribution is 5.71. The number of hydrogen-bond donors (Lipinski definition) is 1. The van der Waals surface area contributed by atoms with Crippen molar-refractivity contribution in [3.63, 3.8) is 0 Å². The number of carboxylic acids is 1. The van der Waals surface area contributed by atoms with Gasteiger partial charge in [0.2, 0.25) is 0 Å². The third kappa shape index (κ3) is 75.4. The molecule has 1 N–H and O–H groups in total. The highest BCUT2D eigenvalue weighted by Gasteiger charge is 2.25. The van der Waals surface area contributed by atoms with Crippen molar-refractivity contribution >= 4 is 17.9 Å². The summed E-state index contributed by atoms with van der Waals surface area (Å²) in [4.78, 5) is 37.7. The van der Waals surface area contributed by atoms with Gasteiger partial charge in [0.15, 0.2) is 6.10 Å². The fraction of sp³-hybridized carbons (Fsp3) is 0.593. The van der Waals surface area contributed by atoms with Crippen LogP contribution in [0.5, 0.6) is 0 Å². The van der Waals surface area contributed by atoms with Crippen LogP contribution >= 0.6 is 0 Å². The van der Waals surface area contributed by atoms with E-state index in [0.717, 1.165) is 141 Å². The van der Waals surface area contributed by atoms with Crippen LogP contribution in [0.15, 0.2) is 194 Å². The van der Waals surface area contributed by atoms with Gasteiger partial charge >= 0.3 is 17.9 Å². The molecule has 0 aromatic carbocycles. The normalized spacial score (nSPS) is 13.8. The molecule has 0 aromatic heterocycles. The van der Waals surface area contributed by atoms with E-state index >= 15 is 0 Å². The van der Waals surface area contributed by atoms with E-state index in [1.807, 2.05) is 21.1 Å². The number of carbonyl (C=O) groups is 3. The van der Waals surface area contributed by atoms with Gasteiger partial charge in [-0.25, -0.2) is 4.79 Å². The second-order valence-corrected chi connectivity index (χ2v) is 25.5. The summed E-state index contributed by atoms with van der Waals surface area (Å²) in [5.74, 6) is -2.06. The first-order chi connectivity index (χ1) is 46.6. The summed E-state index contributed by atoms with van der Waals surface area (Å²) in [6.07, 6.45) is 111. The number of quaternary nitrogens is 1. The van der Waals surface area contributed by atoms with Gasteiger partial charge in [0, 0.05) is 12.8 Å². The zero-order chi connectivity index (χ0) is 69.0. The molecule has 0 aliphatic carbocycles. The summed E-state index contributed by atoms with van der Waals surface area (Å²) in [5, 5.41) is 9.76. The van der Waals surface area contributed by atoms with Crippen molar-refractivity contribution in [1.82, 2.24) is 0 Å². The van der Waals surface area contributed by atoms with E-state index < -0.39 is 24.3 Å². The van der Waals surface area contributed by atoms with Crippen LogP contribution in [-0.2, 0) is 33.3 Å². The Hall–Kier alpha value is -5.87. The number of unbranched alkanes of at least 4 members (excludes halogenated alkanes) is 20. The molecule has 0 fully saturated rings. The maximum atomic E-state index is 13.0. The molecule has 9 heteroatoms. The zero-order valence-corrected chi connectivity index (χ0v) is 61.0. The molecule has 0 aromatic rings. The van der Waals surface area contributed by atoms with Crippen molar-refractivity contribution in [3.05, 3.63) is 194 Å². The summed E-state index contributed by atoms with van der Waals surface area (Å²) < 4.78 is 23.0. The minimum atomic E-state index is -1.53. The number of carboxylic acid groups (broad SMARTS) is 1. The second-order valence-electron chi connectivity index (χ2n) is 25.5. The average molecular weight is 1310 g/mol. The van der Waals surface area contributed by atoms with Gasteiger partial charge in [-0.3, -0.25) is 9.59 Å². The number of nitrogens with zero attached hydrogens (tertiary/aromatic N) is 1. The third-order valence-electron chi connectivity index (χ3n) is 15.3. The Balaban J connectivity index is 4.21. The molecule has 0 aliphatic rings. The fourth-order valence-electron chi connectivity index (χ4n) is 9.69. The Morgan fingerprint density at radius 2 is 0.568 bits per heavy atom. The van der Waals surface area contributed by atoms with Crippen molar-refractivity contribution in [3.8, 4) is 0 Å². The average Bonchev–Trinajstić information content (AvgIpc) is 3.75. The van der Waals surface area contributed by atoms with Crippen LogP contribution < -0.4 is 0 Å². The zero-order valence-electron chi connectivity index (χ0n) is 61.0. The van der Waals surface area contributed by atoms with Gasteiger partial charge in [0.1, 0.15) is 13.2 Å². The molecule has 9 nitrogen and oxygen atoms in total. The molecule has 0 spiro atoms. The van der Waals surface area contributed by atoms with E-state index in [1.54, 1.807) is 0 Å². The lowest BCUT2D eigenvalue weighted by Crippen LogP contribution is -2.40. The van der Waals surface area contributed by atoms with E-state index in [4.69, 9.17) is 18.9 Å². The highest BCUT2D eigenvalue weighted by atomic mass is 16.7. The van der Waals surface area contributed by atoms with Crippen molar-refractivity contribution in [2.75, 3.05) is 47.5 Å². The summed E-state index contributed by atoms with van der Waals surface area (Å²) >= 11 is 0. The minimum absolute atomic E-state index is 0.171. The molecule has 0 heterocycles. The van der Waals surface area contributed by atoms with E-state index in [0.29, 0.717) is 17.4 Å². The van der Waals surface area contributed by atoms with Crippen molar-refractivity contribution in [1.29, 1.82) is 0 Å². The molecule has 0 bridgehead atoms. The lowest BCUT2D eigenvalue weighted by Gasteiger charge is -2.25. The number of esters is 2. The summed E-state index contributed by atoms with van der Waals surface area (Å²) in [5.41, 5.74) is 0. The van der Waals surface area contributed by atoms with Crippen LogP contribution in [0.1, 0.15) is 271 Å². The number of rotatable bonds is 67. The van der Waals surface area contributed by atoms with Gasteiger partial charge in [-0.05, 0) is 141 Å². The van der Waals surface area contributed by atoms with Gasteiger partial charge in [-0.2, -0.15) is 0 Å². The predicted molar refractivity (Wildman–Crippen MR) is 409 cm³/mol. The van der Waals surface area contributed by atoms with Gasteiger partial charge in [0.05, 0.1) is 34.4 Å². The molecule has 0 saturated heterocycles. The quantitative estimate of drug-likeness (QED) is 0.0211. The first kappa shape index (κ1) is 89.1. The fourth-order valence-corrected chi connectivity index (χ4v) is 9.69. The van der Waals surface area contributed by atoms with E-state index in [-0.39, 0.29) is 38.6 Å². The molecule has 0 aliphatic heterocycles.